The van der Waals surface area contributed by atoms with Crippen LogP contribution in [0.25, 0.3) is 0 Å². The average Bonchev–Trinajstić information content (AvgIpc) is 2.41. The largest absolute Gasteiger partial charge is 0.457 e. The zero-order chi connectivity index (χ0) is 13.8. The van der Waals surface area contributed by atoms with E-state index in [0.29, 0.717) is 22.3 Å². The Kier molecular flexibility index (Phi) is 4.46. The van der Waals surface area contributed by atoms with E-state index in [1.165, 1.54) is 5.56 Å². The Balaban J connectivity index is 2.28. The van der Waals surface area contributed by atoms with Gasteiger partial charge in [0.1, 0.15) is 11.5 Å². The van der Waals surface area contributed by atoms with Crippen molar-refractivity contribution in [3.63, 3.8) is 0 Å². The van der Waals surface area contributed by atoms with E-state index in [1.807, 2.05) is 18.2 Å². The zero-order valence-electron chi connectivity index (χ0n) is 11.1. The first-order valence-electron chi connectivity index (χ1n) is 6.27. The molecule has 2 nitrogen and oxygen atoms in total. The van der Waals surface area contributed by atoms with E-state index in [4.69, 9.17) is 16.3 Å². The monoisotopic (exact) mass is 276 g/mol. The molecule has 0 spiro atoms. The van der Waals surface area contributed by atoms with Gasteiger partial charge in [-0.15, -0.1) is 0 Å². The van der Waals surface area contributed by atoms with Crippen molar-refractivity contribution in [3.05, 3.63) is 58.6 Å². The van der Waals surface area contributed by atoms with E-state index >= 15 is 0 Å². The molecule has 0 saturated carbocycles. The molecule has 0 fully saturated rings. The number of aliphatic hydroxyl groups excluding tert-OH is 1. The average molecular weight is 277 g/mol. The standard InChI is InChI=1S/C16H17ClO2/c1-11(2)12-4-3-5-15(9-12)19-16-7-6-14(17)8-13(16)10-18/h3-9,11,18H,10H2,1-2H3. The summed E-state index contributed by atoms with van der Waals surface area (Å²) in [6.07, 6.45) is 0. The summed E-state index contributed by atoms with van der Waals surface area (Å²) in [4.78, 5) is 0. The third-order valence-electron chi connectivity index (χ3n) is 2.95. The van der Waals surface area contributed by atoms with Crippen molar-refractivity contribution in [1.29, 1.82) is 0 Å². The molecule has 0 aromatic heterocycles. The number of benzene rings is 2. The number of hydrogen-bond donors (Lipinski definition) is 1. The molecule has 0 aliphatic carbocycles. The second kappa shape index (κ2) is 6.09. The Morgan fingerprint density at radius 3 is 2.63 bits per heavy atom. The van der Waals surface area contributed by atoms with E-state index < -0.39 is 0 Å². The van der Waals surface area contributed by atoms with E-state index in [2.05, 4.69) is 19.9 Å². The number of hydrogen-bond acceptors (Lipinski definition) is 2. The van der Waals surface area contributed by atoms with Gasteiger partial charge < -0.3 is 9.84 Å². The normalized spacial score (nSPS) is 10.8. The molecule has 0 heterocycles. The van der Waals surface area contributed by atoms with Gasteiger partial charge in [0.05, 0.1) is 6.61 Å². The number of ether oxygens (including phenoxy) is 1. The lowest BCUT2D eigenvalue weighted by Crippen LogP contribution is -1.93. The summed E-state index contributed by atoms with van der Waals surface area (Å²) in [6.45, 7) is 4.18. The van der Waals surface area contributed by atoms with Crippen molar-refractivity contribution in [2.24, 2.45) is 0 Å². The van der Waals surface area contributed by atoms with Gasteiger partial charge in [-0.05, 0) is 41.8 Å². The maximum absolute atomic E-state index is 9.33. The second-order valence-corrected chi connectivity index (χ2v) is 5.18. The van der Waals surface area contributed by atoms with Crippen molar-refractivity contribution < 1.29 is 9.84 Å². The SMILES string of the molecule is CC(C)c1cccc(Oc2ccc(Cl)cc2CO)c1. The molecule has 2 aromatic rings. The van der Waals surface area contributed by atoms with Crippen molar-refractivity contribution in [2.45, 2.75) is 26.4 Å². The van der Waals surface area contributed by atoms with E-state index in [-0.39, 0.29) is 6.61 Å². The van der Waals surface area contributed by atoms with Gasteiger partial charge in [-0.1, -0.05) is 37.6 Å². The van der Waals surface area contributed by atoms with Crippen molar-refractivity contribution in [1.82, 2.24) is 0 Å². The maximum Gasteiger partial charge on any atom is 0.133 e. The van der Waals surface area contributed by atoms with Gasteiger partial charge in [0.15, 0.2) is 0 Å². The topological polar surface area (TPSA) is 29.5 Å². The highest BCUT2D eigenvalue weighted by molar-refractivity contribution is 6.30. The van der Waals surface area contributed by atoms with Crippen LogP contribution in [0.1, 0.15) is 30.9 Å². The summed E-state index contributed by atoms with van der Waals surface area (Å²) >= 11 is 5.90. The predicted octanol–water partition coefficient (Wildman–Crippen LogP) is 4.75. The molecule has 0 saturated heterocycles. The van der Waals surface area contributed by atoms with Crippen molar-refractivity contribution in [3.8, 4) is 11.5 Å². The molecule has 100 valence electrons. The van der Waals surface area contributed by atoms with Gasteiger partial charge in [-0.3, -0.25) is 0 Å². The molecule has 0 radical (unpaired) electrons. The first-order chi connectivity index (χ1) is 9.10. The first kappa shape index (κ1) is 13.9. The fraction of sp³-hybridized carbons (Fsp3) is 0.250. The minimum Gasteiger partial charge on any atom is -0.457 e. The van der Waals surface area contributed by atoms with Gasteiger partial charge in [0.2, 0.25) is 0 Å². The fourth-order valence-corrected chi connectivity index (χ4v) is 2.03. The zero-order valence-corrected chi connectivity index (χ0v) is 11.8. The van der Waals surface area contributed by atoms with Crippen LogP contribution in [-0.4, -0.2) is 5.11 Å². The van der Waals surface area contributed by atoms with Crippen LogP contribution in [0.2, 0.25) is 5.02 Å². The Hall–Kier alpha value is -1.51. The van der Waals surface area contributed by atoms with Crippen LogP contribution in [0, 0.1) is 0 Å². The lowest BCUT2D eigenvalue weighted by molar-refractivity contribution is 0.276. The number of rotatable bonds is 4. The Morgan fingerprint density at radius 2 is 1.95 bits per heavy atom. The van der Waals surface area contributed by atoms with Crippen molar-refractivity contribution in [2.75, 3.05) is 0 Å². The Labute approximate surface area is 118 Å². The first-order valence-corrected chi connectivity index (χ1v) is 6.65. The minimum atomic E-state index is -0.0975. The van der Waals surface area contributed by atoms with Crippen LogP contribution in [0.15, 0.2) is 42.5 Å². The molecular weight excluding hydrogens is 260 g/mol. The van der Waals surface area contributed by atoms with Crippen LogP contribution >= 0.6 is 11.6 Å². The molecule has 0 unspecified atom stereocenters. The highest BCUT2D eigenvalue weighted by Crippen LogP contribution is 2.29. The van der Waals surface area contributed by atoms with Crippen LogP contribution < -0.4 is 4.74 Å². The molecule has 1 N–H and O–H groups in total. The molecule has 2 rings (SSSR count). The second-order valence-electron chi connectivity index (χ2n) is 4.74. The lowest BCUT2D eigenvalue weighted by Gasteiger charge is -2.12. The number of halogens is 1. The van der Waals surface area contributed by atoms with Gasteiger partial charge in [0.25, 0.3) is 0 Å². The molecule has 0 aliphatic heterocycles. The molecule has 0 atom stereocenters. The highest BCUT2D eigenvalue weighted by Gasteiger charge is 2.06. The van der Waals surface area contributed by atoms with Gasteiger partial charge in [0, 0.05) is 10.6 Å². The third-order valence-corrected chi connectivity index (χ3v) is 3.18. The van der Waals surface area contributed by atoms with Crippen LogP contribution in [0.4, 0.5) is 0 Å². The summed E-state index contributed by atoms with van der Waals surface area (Å²) < 4.78 is 5.83. The molecule has 3 heteroatoms. The third kappa shape index (κ3) is 3.49. The lowest BCUT2D eigenvalue weighted by atomic mass is 10.0. The summed E-state index contributed by atoms with van der Waals surface area (Å²) in [5.74, 6) is 1.85. The van der Waals surface area contributed by atoms with Crippen molar-refractivity contribution >= 4 is 11.6 Å². The Morgan fingerprint density at radius 1 is 1.16 bits per heavy atom. The maximum atomic E-state index is 9.33. The molecule has 19 heavy (non-hydrogen) atoms. The summed E-state index contributed by atoms with van der Waals surface area (Å²) in [5, 5.41) is 9.92. The predicted molar refractivity (Wildman–Crippen MR) is 78.0 cm³/mol. The van der Waals surface area contributed by atoms with Gasteiger partial charge >= 0.3 is 0 Å². The van der Waals surface area contributed by atoms with Gasteiger partial charge in [-0.2, -0.15) is 0 Å². The van der Waals surface area contributed by atoms with E-state index in [9.17, 15) is 5.11 Å². The van der Waals surface area contributed by atoms with Gasteiger partial charge in [-0.25, -0.2) is 0 Å². The quantitative estimate of drug-likeness (QED) is 0.873. The van der Waals surface area contributed by atoms with E-state index in [1.54, 1.807) is 18.2 Å². The fourth-order valence-electron chi connectivity index (χ4n) is 1.84. The molecule has 2 aromatic carbocycles. The highest BCUT2D eigenvalue weighted by atomic mass is 35.5. The summed E-state index contributed by atoms with van der Waals surface area (Å²) in [7, 11) is 0. The minimum absolute atomic E-state index is 0.0975. The smallest absolute Gasteiger partial charge is 0.133 e. The van der Waals surface area contributed by atoms with Crippen LogP contribution in [0.5, 0.6) is 11.5 Å². The molecular formula is C16H17ClO2. The van der Waals surface area contributed by atoms with E-state index in [0.717, 1.165) is 5.75 Å². The summed E-state index contributed by atoms with van der Waals surface area (Å²) in [5.41, 5.74) is 1.90. The summed E-state index contributed by atoms with van der Waals surface area (Å²) in [6, 6.07) is 13.2. The number of aliphatic hydroxyl groups is 1. The van der Waals surface area contributed by atoms with Crippen LogP contribution in [-0.2, 0) is 6.61 Å². The molecule has 0 amide bonds. The molecule has 0 aliphatic rings. The van der Waals surface area contributed by atoms with Crippen LogP contribution in [0.3, 0.4) is 0 Å². The molecule has 0 bridgehead atoms. The Bertz CT molecular complexity index is 564.